The van der Waals surface area contributed by atoms with E-state index >= 15 is 0 Å². The number of fused-ring (bicyclic) bond motifs is 1. The highest BCUT2D eigenvalue weighted by molar-refractivity contribution is 9.10. The predicted octanol–water partition coefficient (Wildman–Crippen LogP) is 2.76. The third-order valence-electron chi connectivity index (χ3n) is 3.39. The van der Waals surface area contributed by atoms with E-state index in [0.29, 0.717) is 17.8 Å². The van der Waals surface area contributed by atoms with Crippen molar-refractivity contribution in [2.24, 2.45) is 0 Å². The maximum Gasteiger partial charge on any atom is 0.251 e. The summed E-state index contributed by atoms with van der Waals surface area (Å²) in [6.45, 7) is 0.472. The van der Waals surface area contributed by atoms with Crippen LogP contribution in [0.3, 0.4) is 0 Å². The molecule has 0 spiro atoms. The lowest BCUT2D eigenvalue weighted by molar-refractivity contribution is 0.0933. The van der Waals surface area contributed by atoms with E-state index in [1.54, 1.807) is 18.2 Å². The molecule has 1 atom stereocenters. The lowest BCUT2D eigenvalue weighted by Gasteiger charge is -2.12. The number of halogens is 1. The standard InChI is InChI=1S/C16H15BrN2O2/c17-12-5-11(6-13(18)8-12)16(20)19-9-14-7-10-3-1-2-4-15(10)21-14/h1-6,8,14H,7,9,18H2,(H,19,20). The van der Waals surface area contributed by atoms with Gasteiger partial charge in [0.2, 0.25) is 0 Å². The average molecular weight is 347 g/mol. The van der Waals surface area contributed by atoms with Gasteiger partial charge in [0.15, 0.2) is 0 Å². The molecule has 1 amide bonds. The monoisotopic (exact) mass is 346 g/mol. The molecular weight excluding hydrogens is 332 g/mol. The van der Waals surface area contributed by atoms with Crippen molar-refractivity contribution >= 4 is 27.5 Å². The van der Waals surface area contributed by atoms with E-state index in [1.165, 1.54) is 5.56 Å². The SMILES string of the molecule is Nc1cc(Br)cc(C(=O)NCC2Cc3ccccc3O2)c1. The summed E-state index contributed by atoms with van der Waals surface area (Å²) in [4.78, 5) is 12.1. The quantitative estimate of drug-likeness (QED) is 0.840. The number of nitrogens with two attached hydrogens (primary N) is 1. The number of para-hydroxylation sites is 1. The molecule has 0 saturated carbocycles. The van der Waals surface area contributed by atoms with Crippen molar-refractivity contribution in [1.29, 1.82) is 0 Å². The molecule has 1 aliphatic rings. The van der Waals surface area contributed by atoms with Crippen molar-refractivity contribution in [3.8, 4) is 5.75 Å². The van der Waals surface area contributed by atoms with Crippen LogP contribution in [-0.4, -0.2) is 18.6 Å². The van der Waals surface area contributed by atoms with E-state index in [0.717, 1.165) is 16.6 Å². The molecule has 1 heterocycles. The number of carbonyl (C=O) groups is 1. The van der Waals surface area contributed by atoms with Crippen molar-refractivity contribution in [3.05, 3.63) is 58.1 Å². The number of ether oxygens (including phenoxy) is 1. The highest BCUT2D eigenvalue weighted by Gasteiger charge is 2.22. The Morgan fingerprint density at radius 3 is 2.90 bits per heavy atom. The molecule has 0 saturated heterocycles. The maximum atomic E-state index is 12.1. The van der Waals surface area contributed by atoms with Crippen molar-refractivity contribution in [1.82, 2.24) is 5.32 Å². The van der Waals surface area contributed by atoms with Crippen LogP contribution in [0.25, 0.3) is 0 Å². The van der Waals surface area contributed by atoms with Gasteiger partial charge >= 0.3 is 0 Å². The van der Waals surface area contributed by atoms with Crippen molar-refractivity contribution in [2.75, 3.05) is 12.3 Å². The number of nitrogen functional groups attached to an aromatic ring is 1. The molecule has 2 aromatic rings. The summed E-state index contributed by atoms with van der Waals surface area (Å²) in [6, 6.07) is 13.1. The second-order valence-corrected chi connectivity index (χ2v) is 5.95. The second-order valence-electron chi connectivity index (χ2n) is 5.03. The van der Waals surface area contributed by atoms with Gasteiger partial charge in [-0.05, 0) is 29.8 Å². The number of nitrogens with one attached hydrogen (secondary N) is 1. The van der Waals surface area contributed by atoms with Crippen LogP contribution in [0.15, 0.2) is 46.9 Å². The topological polar surface area (TPSA) is 64.4 Å². The van der Waals surface area contributed by atoms with Crippen LogP contribution < -0.4 is 15.8 Å². The minimum Gasteiger partial charge on any atom is -0.488 e. The molecule has 0 bridgehead atoms. The fraction of sp³-hybridized carbons (Fsp3) is 0.188. The maximum absolute atomic E-state index is 12.1. The second kappa shape index (κ2) is 5.77. The predicted molar refractivity (Wildman–Crippen MR) is 85.4 cm³/mol. The largest absolute Gasteiger partial charge is 0.488 e. The zero-order chi connectivity index (χ0) is 14.8. The van der Waals surface area contributed by atoms with Gasteiger partial charge in [0.05, 0.1) is 6.54 Å². The first-order valence-corrected chi connectivity index (χ1v) is 7.50. The van der Waals surface area contributed by atoms with Crippen LogP contribution in [0, 0.1) is 0 Å². The van der Waals surface area contributed by atoms with E-state index in [-0.39, 0.29) is 12.0 Å². The number of hydrogen-bond acceptors (Lipinski definition) is 3. The average Bonchev–Trinajstić information content (AvgIpc) is 2.86. The summed E-state index contributed by atoms with van der Waals surface area (Å²) in [5.41, 5.74) is 8.02. The Morgan fingerprint density at radius 1 is 1.33 bits per heavy atom. The van der Waals surface area contributed by atoms with E-state index in [9.17, 15) is 4.79 Å². The molecule has 0 aliphatic carbocycles. The Hall–Kier alpha value is -2.01. The first-order chi connectivity index (χ1) is 10.1. The number of anilines is 1. The van der Waals surface area contributed by atoms with Gasteiger partial charge in [0.1, 0.15) is 11.9 Å². The van der Waals surface area contributed by atoms with Crippen LogP contribution in [0.1, 0.15) is 15.9 Å². The van der Waals surface area contributed by atoms with E-state index < -0.39 is 0 Å². The van der Waals surface area contributed by atoms with Crippen LogP contribution in [0.5, 0.6) is 5.75 Å². The normalized spacial score (nSPS) is 16.1. The molecular formula is C16H15BrN2O2. The minimum atomic E-state index is -0.150. The molecule has 4 nitrogen and oxygen atoms in total. The fourth-order valence-electron chi connectivity index (χ4n) is 2.42. The number of amides is 1. The van der Waals surface area contributed by atoms with Gasteiger partial charge in [-0.3, -0.25) is 4.79 Å². The molecule has 2 aromatic carbocycles. The summed E-state index contributed by atoms with van der Waals surface area (Å²) in [5, 5.41) is 2.89. The van der Waals surface area contributed by atoms with Crippen LogP contribution in [0.2, 0.25) is 0 Å². The van der Waals surface area contributed by atoms with Gasteiger partial charge in [0, 0.05) is 22.1 Å². The molecule has 108 valence electrons. The zero-order valence-corrected chi connectivity index (χ0v) is 12.9. The summed E-state index contributed by atoms with van der Waals surface area (Å²) in [6.07, 6.45) is 0.799. The van der Waals surface area contributed by atoms with Gasteiger partial charge in [-0.1, -0.05) is 34.1 Å². The van der Waals surface area contributed by atoms with Gasteiger partial charge < -0.3 is 15.8 Å². The Labute approximate surface area is 131 Å². The molecule has 0 aromatic heterocycles. The molecule has 5 heteroatoms. The number of rotatable bonds is 3. The number of carbonyl (C=O) groups excluding carboxylic acids is 1. The summed E-state index contributed by atoms with van der Waals surface area (Å²) >= 11 is 3.33. The third-order valence-corrected chi connectivity index (χ3v) is 3.84. The highest BCUT2D eigenvalue weighted by Crippen LogP contribution is 2.27. The van der Waals surface area contributed by atoms with E-state index in [1.807, 2.05) is 24.3 Å². The van der Waals surface area contributed by atoms with Crippen LogP contribution >= 0.6 is 15.9 Å². The summed E-state index contributed by atoms with van der Waals surface area (Å²) < 4.78 is 6.58. The Morgan fingerprint density at radius 2 is 2.14 bits per heavy atom. The third kappa shape index (κ3) is 3.19. The smallest absolute Gasteiger partial charge is 0.251 e. The molecule has 3 rings (SSSR count). The molecule has 21 heavy (non-hydrogen) atoms. The van der Waals surface area contributed by atoms with Crippen molar-refractivity contribution in [2.45, 2.75) is 12.5 Å². The fourth-order valence-corrected chi connectivity index (χ4v) is 2.93. The van der Waals surface area contributed by atoms with Crippen LogP contribution in [-0.2, 0) is 6.42 Å². The Kier molecular flexibility index (Phi) is 3.84. The molecule has 1 unspecified atom stereocenters. The molecule has 0 fully saturated rings. The molecule has 3 N–H and O–H groups in total. The molecule has 1 aliphatic heterocycles. The van der Waals surface area contributed by atoms with Gasteiger partial charge in [-0.15, -0.1) is 0 Å². The minimum absolute atomic E-state index is 0.0177. The Bertz CT molecular complexity index is 642. The molecule has 0 radical (unpaired) electrons. The first-order valence-electron chi connectivity index (χ1n) is 6.70. The number of benzene rings is 2. The van der Waals surface area contributed by atoms with Crippen LogP contribution in [0.4, 0.5) is 5.69 Å². The van der Waals surface area contributed by atoms with Gasteiger partial charge in [-0.25, -0.2) is 0 Å². The lowest BCUT2D eigenvalue weighted by atomic mass is 10.1. The lowest BCUT2D eigenvalue weighted by Crippen LogP contribution is -2.34. The Balaban J connectivity index is 1.60. The number of hydrogen-bond donors (Lipinski definition) is 2. The van der Waals surface area contributed by atoms with E-state index in [2.05, 4.69) is 21.2 Å². The van der Waals surface area contributed by atoms with E-state index in [4.69, 9.17) is 10.5 Å². The van der Waals surface area contributed by atoms with Gasteiger partial charge in [0.25, 0.3) is 5.91 Å². The van der Waals surface area contributed by atoms with Gasteiger partial charge in [-0.2, -0.15) is 0 Å². The summed E-state index contributed by atoms with van der Waals surface area (Å²) in [7, 11) is 0. The zero-order valence-electron chi connectivity index (χ0n) is 11.3. The first kappa shape index (κ1) is 13.9. The van der Waals surface area contributed by atoms with Crippen molar-refractivity contribution < 1.29 is 9.53 Å². The summed E-state index contributed by atoms with van der Waals surface area (Å²) in [5.74, 6) is 0.756. The van der Waals surface area contributed by atoms with Crippen molar-refractivity contribution in [3.63, 3.8) is 0 Å². The highest BCUT2D eigenvalue weighted by atomic mass is 79.9.